The van der Waals surface area contributed by atoms with E-state index in [-0.39, 0.29) is 0 Å². The Morgan fingerprint density at radius 3 is 2.20 bits per heavy atom. The number of hydrogen-bond donors (Lipinski definition) is 2. The van der Waals surface area contributed by atoms with Crippen molar-refractivity contribution in [1.82, 2.24) is 10.6 Å². The highest BCUT2D eigenvalue weighted by Crippen LogP contribution is 2.19. The van der Waals surface area contributed by atoms with Crippen LogP contribution in [0.4, 0.5) is 0 Å². The van der Waals surface area contributed by atoms with Crippen molar-refractivity contribution in [2.45, 2.75) is 89.5 Å². The smallest absolute Gasteiger partial charge is 0.00670 e. The fourth-order valence-electron chi connectivity index (χ4n) is 3.87. The topological polar surface area (TPSA) is 24.1 Å². The van der Waals surface area contributed by atoms with Gasteiger partial charge in [0.2, 0.25) is 0 Å². The van der Waals surface area contributed by atoms with Crippen LogP contribution in [0.25, 0.3) is 0 Å². The minimum atomic E-state index is 0.833. The molecule has 0 aromatic heterocycles. The van der Waals surface area contributed by atoms with Crippen molar-refractivity contribution in [2.75, 3.05) is 19.6 Å². The first kappa shape index (κ1) is 16.3. The van der Waals surface area contributed by atoms with Crippen LogP contribution in [0.2, 0.25) is 0 Å². The highest BCUT2D eigenvalue weighted by atomic mass is 14.9. The highest BCUT2D eigenvalue weighted by Gasteiger charge is 2.12. The molecule has 2 N–H and O–H groups in total. The third-order valence-electron chi connectivity index (χ3n) is 5.29. The first-order chi connectivity index (χ1) is 9.95. The summed E-state index contributed by atoms with van der Waals surface area (Å²) in [6.07, 6.45) is 18.8. The van der Waals surface area contributed by atoms with Crippen LogP contribution in [0.1, 0.15) is 83.5 Å². The molecule has 2 rings (SSSR count). The first-order valence-corrected chi connectivity index (χ1v) is 9.39. The summed E-state index contributed by atoms with van der Waals surface area (Å²) < 4.78 is 0. The van der Waals surface area contributed by atoms with Gasteiger partial charge in [-0.3, -0.25) is 0 Å². The number of unbranched alkanes of at least 4 members (excludes halogenated alkanes) is 2. The molecule has 0 bridgehead atoms. The lowest BCUT2D eigenvalue weighted by molar-refractivity contribution is 0.339. The molecule has 0 aromatic carbocycles. The Balaban J connectivity index is 1.42. The predicted octanol–water partition coefficient (Wildman–Crippen LogP) is 4.25. The van der Waals surface area contributed by atoms with Gasteiger partial charge in [0, 0.05) is 6.04 Å². The van der Waals surface area contributed by atoms with Gasteiger partial charge in [0.05, 0.1) is 0 Å². The molecular weight excluding hydrogens is 244 g/mol. The van der Waals surface area contributed by atoms with Gasteiger partial charge in [-0.15, -0.1) is 0 Å². The Morgan fingerprint density at radius 2 is 1.45 bits per heavy atom. The van der Waals surface area contributed by atoms with Crippen LogP contribution in [-0.4, -0.2) is 25.7 Å². The van der Waals surface area contributed by atoms with Gasteiger partial charge in [-0.1, -0.05) is 51.4 Å². The minimum absolute atomic E-state index is 0.833. The molecule has 1 heterocycles. The van der Waals surface area contributed by atoms with E-state index in [1.165, 1.54) is 103 Å². The minimum Gasteiger partial charge on any atom is -0.317 e. The van der Waals surface area contributed by atoms with Crippen LogP contribution in [0.15, 0.2) is 0 Å². The van der Waals surface area contributed by atoms with Crippen molar-refractivity contribution >= 4 is 0 Å². The summed E-state index contributed by atoms with van der Waals surface area (Å²) in [6, 6.07) is 0.833. The molecule has 0 atom stereocenters. The lowest BCUT2D eigenvalue weighted by Crippen LogP contribution is -2.30. The summed E-state index contributed by atoms with van der Waals surface area (Å²) in [4.78, 5) is 0. The fourth-order valence-corrected chi connectivity index (χ4v) is 3.87. The molecule has 2 heteroatoms. The maximum Gasteiger partial charge on any atom is 0.00670 e. The van der Waals surface area contributed by atoms with E-state index in [9.17, 15) is 0 Å². The molecule has 1 saturated heterocycles. The van der Waals surface area contributed by atoms with Crippen molar-refractivity contribution < 1.29 is 0 Å². The molecule has 0 unspecified atom stereocenters. The van der Waals surface area contributed by atoms with Gasteiger partial charge in [0.1, 0.15) is 0 Å². The quantitative estimate of drug-likeness (QED) is 0.681. The van der Waals surface area contributed by atoms with E-state index in [1.54, 1.807) is 0 Å². The average molecular weight is 280 g/mol. The molecule has 1 aliphatic heterocycles. The third-order valence-corrected chi connectivity index (χ3v) is 5.29. The van der Waals surface area contributed by atoms with E-state index in [1.807, 2.05) is 0 Å². The van der Waals surface area contributed by atoms with E-state index in [0.717, 1.165) is 12.0 Å². The monoisotopic (exact) mass is 280 g/mol. The molecule has 0 amide bonds. The van der Waals surface area contributed by atoms with Crippen molar-refractivity contribution in [3.8, 4) is 0 Å². The fraction of sp³-hybridized carbons (Fsp3) is 1.00. The Morgan fingerprint density at radius 1 is 0.750 bits per heavy atom. The van der Waals surface area contributed by atoms with Crippen molar-refractivity contribution in [3.05, 3.63) is 0 Å². The molecule has 20 heavy (non-hydrogen) atoms. The summed E-state index contributed by atoms with van der Waals surface area (Å²) in [5, 5.41) is 7.28. The van der Waals surface area contributed by atoms with Crippen LogP contribution in [0, 0.1) is 5.92 Å². The molecule has 0 radical (unpaired) electrons. The molecule has 0 aromatic rings. The van der Waals surface area contributed by atoms with Crippen LogP contribution in [0.3, 0.4) is 0 Å². The van der Waals surface area contributed by atoms with E-state index in [4.69, 9.17) is 0 Å². The Labute approximate surface area is 126 Å². The highest BCUT2D eigenvalue weighted by molar-refractivity contribution is 4.70. The number of nitrogens with one attached hydrogen (secondary N) is 2. The lowest BCUT2D eigenvalue weighted by Gasteiger charge is -2.23. The summed E-state index contributed by atoms with van der Waals surface area (Å²) in [7, 11) is 0. The average Bonchev–Trinajstić information content (AvgIpc) is 2.45. The lowest BCUT2D eigenvalue weighted by atomic mass is 9.92. The largest absolute Gasteiger partial charge is 0.317 e. The van der Waals surface area contributed by atoms with Gasteiger partial charge < -0.3 is 10.6 Å². The van der Waals surface area contributed by atoms with Gasteiger partial charge in [-0.25, -0.2) is 0 Å². The van der Waals surface area contributed by atoms with E-state index < -0.39 is 0 Å². The van der Waals surface area contributed by atoms with Crippen LogP contribution in [0.5, 0.6) is 0 Å². The molecule has 2 nitrogen and oxygen atoms in total. The van der Waals surface area contributed by atoms with E-state index in [0.29, 0.717) is 0 Å². The number of piperidine rings is 1. The van der Waals surface area contributed by atoms with Crippen molar-refractivity contribution in [2.24, 2.45) is 5.92 Å². The van der Waals surface area contributed by atoms with Gasteiger partial charge in [0.25, 0.3) is 0 Å². The van der Waals surface area contributed by atoms with Crippen molar-refractivity contribution in [1.29, 1.82) is 0 Å². The third kappa shape index (κ3) is 7.08. The molecule has 118 valence electrons. The summed E-state index contributed by atoms with van der Waals surface area (Å²) in [6.45, 7) is 3.78. The zero-order valence-electron chi connectivity index (χ0n) is 13.5. The second-order valence-corrected chi connectivity index (χ2v) is 7.04. The predicted molar refractivity (Wildman–Crippen MR) is 88.2 cm³/mol. The Bertz CT molecular complexity index is 215. The van der Waals surface area contributed by atoms with E-state index >= 15 is 0 Å². The number of rotatable bonds is 7. The summed E-state index contributed by atoms with van der Waals surface area (Å²) >= 11 is 0. The van der Waals surface area contributed by atoms with Crippen molar-refractivity contribution in [3.63, 3.8) is 0 Å². The van der Waals surface area contributed by atoms with Gasteiger partial charge in [-0.05, 0) is 57.7 Å². The number of hydrogen-bond acceptors (Lipinski definition) is 2. The molecule has 1 aliphatic carbocycles. The van der Waals surface area contributed by atoms with Crippen LogP contribution >= 0.6 is 0 Å². The SMILES string of the molecule is C1CCCC(NCCCCCC2CCNCC2)CCC1. The first-order valence-electron chi connectivity index (χ1n) is 9.39. The normalized spacial score (nSPS) is 23.4. The summed E-state index contributed by atoms with van der Waals surface area (Å²) in [5.74, 6) is 1.02. The second-order valence-electron chi connectivity index (χ2n) is 7.04. The second kappa shape index (κ2) is 10.6. The van der Waals surface area contributed by atoms with Crippen LogP contribution in [-0.2, 0) is 0 Å². The van der Waals surface area contributed by atoms with Gasteiger partial charge in [0.15, 0.2) is 0 Å². The zero-order chi connectivity index (χ0) is 13.9. The standard InChI is InChI=1S/C18H36N2/c1-2-6-10-18(11-7-3-1)20-14-8-4-5-9-17-12-15-19-16-13-17/h17-20H,1-16H2. The molecule has 2 fully saturated rings. The van der Waals surface area contributed by atoms with Gasteiger partial charge in [-0.2, -0.15) is 0 Å². The van der Waals surface area contributed by atoms with Crippen LogP contribution < -0.4 is 10.6 Å². The van der Waals surface area contributed by atoms with Gasteiger partial charge >= 0.3 is 0 Å². The molecule has 2 aliphatic rings. The zero-order valence-corrected chi connectivity index (χ0v) is 13.5. The maximum atomic E-state index is 3.82. The molecule has 1 saturated carbocycles. The summed E-state index contributed by atoms with van der Waals surface area (Å²) in [5.41, 5.74) is 0. The molecule has 0 spiro atoms. The Hall–Kier alpha value is -0.0800. The molecular formula is C18H36N2. The maximum absolute atomic E-state index is 3.82. The van der Waals surface area contributed by atoms with E-state index in [2.05, 4.69) is 10.6 Å². The Kier molecular flexibility index (Phi) is 8.65.